The van der Waals surface area contributed by atoms with Crippen molar-refractivity contribution in [1.29, 1.82) is 5.26 Å². The molecule has 0 amide bonds. The van der Waals surface area contributed by atoms with Crippen LogP contribution in [0.4, 0.5) is 0 Å². The summed E-state index contributed by atoms with van der Waals surface area (Å²) < 4.78 is 0.669. The Morgan fingerprint density at radius 3 is 2.43 bits per heavy atom. The van der Waals surface area contributed by atoms with Crippen molar-refractivity contribution in [2.75, 3.05) is 4.43 Å². The third kappa shape index (κ3) is 3.12. The van der Waals surface area contributed by atoms with Gasteiger partial charge in [0.2, 0.25) is 0 Å². The second kappa shape index (κ2) is 2.73. The van der Waals surface area contributed by atoms with E-state index >= 15 is 0 Å². The highest BCUT2D eigenvalue weighted by atomic mass is 127. The van der Waals surface area contributed by atoms with Crippen LogP contribution in [0.25, 0.3) is 0 Å². The fraction of sp³-hybridized carbons (Fsp3) is 0.750. The molecule has 0 aliphatic rings. The van der Waals surface area contributed by atoms with Gasteiger partial charge in [-0.25, -0.2) is 0 Å². The van der Waals surface area contributed by atoms with Crippen molar-refractivity contribution in [3.63, 3.8) is 0 Å². The van der Waals surface area contributed by atoms with Crippen LogP contribution in [0.15, 0.2) is 0 Å². The van der Waals surface area contributed by atoms with E-state index in [0.29, 0.717) is 4.43 Å². The Balaban J connectivity index is 3.66. The summed E-state index contributed by atoms with van der Waals surface area (Å²) in [6, 6.07) is 1.95. The van der Waals surface area contributed by atoms with Crippen molar-refractivity contribution < 1.29 is 0 Å². The number of rotatable bonds is 1. The van der Waals surface area contributed by atoms with Gasteiger partial charge in [0.15, 0.2) is 0 Å². The van der Waals surface area contributed by atoms with Gasteiger partial charge in [-0.05, 0) is 6.92 Å². The molecule has 1 nitrogen and oxygen atoms in total. The van der Waals surface area contributed by atoms with Crippen molar-refractivity contribution >= 4 is 34.2 Å². The molecule has 0 aromatic heterocycles. The molecule has 0 fully saturated rings. The number of nitrogens with zero attached hydrogens (tertiary/aromatic N) is 1. The van der Waals surface area contributed by atoms with Crippen LogP contribution in [0.5, 0.6) is 0 Å². The van der Waals surface area contributed by atoms with Gasteiger partial charge in [0, 0.05) is 4.43 Å². The number of nitriles is 1. The van der Waals surface area contributed by atoms with E-state index in [2.05, 4.69) is 22.6 Å². The topological polar surface area (TPSA) is 23.8 Å². The lowest BCUT2D eigenvalue weighted by atomic mass is 10.2. The molecule has 0 bridgehead atoms. The minimum atomic E-state index is -0.652. The fourth-order valence-corrected chi connectivity index (χ4v) is 0.200. The predicted octanol–water partition coefficient (Wildman–Crippen LogP) is 1.94. The van der Waals surface area contributed by atoms with Gasteiger partial charge in [-0.15, -0.1) is 11.6 Å². The summed E-state index contributed by atoms with van der Waals surface area (Å²) >= 11 is 7.61. The molecule has 0 aliphatic heterocycles. The van der Waals surface area contributed by atoms with Crippen LogP contribution in [0.2, 0.25) is 0 Å². The van der Waals surface area contributed by atoms with E-state index in [1.807, 2.05) is 6.07 Å². The number of hydrogen-bond acceptors (Lipinski definition) is 1. The van der Waals surface area contributed by atoms with Crippen molar-refractivity contribution in [3.05, 3.63) is 0 Å². The molecule has 1 atom stereocenters. The third-order valence-electron chi connectivity index (χ3n) is 0.484. The largest absolute Gasteiger partial charge is 0.196 e. The Morgan fingerprint density at radius 1 is 2.00 bits per heavy atom. The van der Waals surface area contributed by atoms with Gasteiger partial charge in [0.05, 0.1) is 6.07 Å². The average molecular weight is 229 g/mol. The zero-order valence-corrected chi connectivity index (χ0v) is 6.82. The molecular weight excluding hydrogens is 224 g/mol. The second-order valence-electron chi connectivity index (χ2n) is 1.44. The number of halogens is 2. The van der Waals surface area contributed by atoms with Crippen molar-refractivity contribution in [2.45, 2.75) is 11.8 Å². The molecule has 0 heterocycles. The maximum Gasteiger partial charge on any atom is 0.137 e. The summed E-state index contributed by atoms with van der Waals surface area (Å²) in [6.45, 7) is 1.70. The summed E-state index contributed by atoms with van der Waals surface area (Å²) in [4.78, 5) is -0.652. The number of hydrogen-bond donors (Lipinski definition) is 0. The molecule has 0 aliphatic carbocycles. The fourth-order valence-electron chi connectivity index (χ4n) is 0.0299. The quantitative estimate of drug-likeness (QED) is 0.498. The molecule has 7 heavy (non-hydrogen) atoms. The van der Waals surface area contributed by atoms with E-state index in [9.17, 15) is 0 Å². The molecule has 0 saturated heterocycles. The maximum atomic E-state index is 8.21. The van der Waals surface area contributed by atoms with Crippen molar-refractivity contribution in [3.8, 4) is 6.07 Å². The van der Waals surface area contributed by atoms with Gasteiger partial charge in [-0.2, -0.15) is 5.26 Å². The molecule has 0 rings (SSSR count). The second-order valence-corrected chi connectivity index (χ2v) is 3.04. The van der Waals surface area contributed by atoms with Gasteiger partial charge in [0.1, 0.15) is 4.87 Å². The zero-order chi connectivity index (χ0) is 5.91. The van der Waals surface area contributed by atoms with E-state index in [1.54, 1.807) is 6.92 Å². The van der Waals surface area contributed by atoms with Gasteiger partial charge in [-0.1, -0.05) is 22.6 Å². The van der Waals surface area contributed by atoms with E-state index in [0.717, 1.165) is 0 Å². The summed E-state index contributed by atoms with van der Waals surface area (Å²) in [6.07, 6.45) is 0. The molecular formula is C4H5ClIN. The molecule has 0 aromatic carbocycles. The van der Waals surface area contributed by atoms with Crippen LogP contribution >= 0.6 is 34.2 Å². The van der Waals surface area contributed by atoms with Crippen LogP contribution < -0.4 is 0 Å². The van der Waals surface area contributed by atoms with Gasteiger partial charge in [-0.3, -0.25) is 0 Å². The lowest BCUT2D eigenvalue weighted by molar-refractivity contribution is 0.929. The maximum absolute atomic E-state index is 8.21. The SMILES string of the molecule is CC(Cl)(C#N)CI. The first-order valence-corrected chi connectivity index (χ1v) is 3.69. The minimum absolute atomic E-state index is 0.652. The first-order valence-electron chi connectivity index (χ1n) is 1.78. The molecule has 0 radical (unpaired) electrons. The molecule has 0 aromatic rings. The zero-order valence-electron chi connectivity index (χ0n) is 3.91. The van der Waals surface area contributed by atoms with Gasteiger partial charge < -0.3 is 0 Å². The Bertz CT molecular complexity index is 94.4. The summed E-state index contributed by atoms with van der Waals surface area (Å²) in [7, 11) is 0. The van der Waals surface area contributed by atoms with Gasteiger partial charge >= 0.3 is 0 Å². The Hall–Kier alpha value is 0.510. The van der Waals surface area contributed by atoms with E-state index in [-0.39, 0.29) is 0 Å². The standard InChI is InChI=1S/C4H5ClIN/c1-4(5,2-6)3-7/h2H2,1H3. The highest BCUT2D eigenvalue weighted by molar-refractivity contribution is 14.1. The first kappa shape index (κ1) is 7.51. The summed E-state index contributed by atoms with van der Waals surface area (Å²) in [5.41, 5.74) is 0. The highest BCUT2D eigenvalue weighted by Crippen LogP contribution is 2.14. The number of alkyl halides is 2. The molecule has 3 heteroatoms. The molecule has 0 N–H and O–H groups in total. The smallest absolute Gasteiger partial charge is 0.137 e. The Kier molecular flexibility index (Phi) is 2.93. The van der Waals surface area contributed by atoms with Gasteiger partial charge in [0.25, 0.3) is 0 Å². The molecule has 1 unspecified atom stereocenters. The first-order chi connectivity index (χ1) is 3.12. The minimum Gasteiger partial charge on any atom is -0.196 e. The van der Waals surface area contributed by atoms with Crippen LogP contribution in [0, 0.1) is 11.3 Å². The normalized spacial score (nSPS) is 17.4. The lowest BCUT2D eigenvalue weighted by Crippen LogP contribution is -2.13. The van der Waals surface area contributed by atoms with Crippen molar-refractivity contribution in [1.82, 2.24) is 0 Å². The van der Waals surface area contributed by atoms with Crippen LogP contribution in [0.1, 0.15) is 6.92 Å². The van der Waals surface area contributed by atoms with E-state index in [4.69, 9.17) is 16.9 Å². The molecule has 0 saturated carbocycles. The lowest BCUT2D eigenvalue weighted by Gasteiger charge is -2.04. The third-order valence-corrected chi connectivity index (χ3v) is 2.68. The van der Waals surface area contributed by atoms with Crippen molar-refractivity contribution in [2.24, 2.45) is 0 Å². The Morgan fingerprint density at radius 2 is 2.43 bits per heavy atom. The van der Waals surface area contributed by atoms with Crippen LogP contribution in [-0.4, -0.2) is 9.30 Å². The summed E-state index contributed by atoms with van der Waals surface area (Å²) in [5, 5.41) is 8.21. The highest BCUT2D eigenvalue weighted by Gasteiger charge is 2.16. The van der Waals surface area contributed by atoms with E-state index in [1.165, 1.54) is 0 Å². The molecule has 40 valence electrons. The van der Waals surface area contributed by atoms with Crippen LogP contribution in [-0.2, 0) is 0 Å². The predicted molar refractivity (Wildman–Crippen MR) is 38.8 cm³/mol. The summed E-state index contributed by atoms with van der Waals surface area (Å²) in [5.74, 6) is 0. The van der Waals surface area contributed by atoms with E-state index < -0.39 is 4.87 Å². The Labute approximate surface area is 61.8 Å². The average Bonchev–Trinajstić information content (AvgIpc) is 1.68. The van der Waals surface area contributed by atoms with Crippen LogP contribution in [0.3, 0.4) is 0 Å². The monoisotopic (exact) mass is 229 g/mol. The molecule has 0 spiro atoms.